The third-order valence-electron chi connectivity index (χ3n) is 3.53. The highest BCUT2D eigenvalue weighted by molar-refractivity contribution is 7.07. The van der Waals surface area contributed by atoms with Crippen LogP contribution in [-0.2, 0) is 11.2 Å². The Kier molecular flexibility index (Phi) is 5.53. The highest BCUT2D eigenvalue weighted by Gasteiger charge is 2.15. The second-order valence-electron chi connectivity index (χ2n) is 5.50. The smallest absolute Gasteiger partial charge is 0.224 e. The van der Waals surface area contributed by atoms with Crippen molar-refractivity contribution in [3.8, 4) is 0 Å². The van der Waals surface area contributed by atoms with Crippen molar-refractivity contribution in [2.24, 2.45) is 0 Å². The van der Waals surface area contributed by atoms with Gasteiger partial charge in [-0.15, -0.1) is 0 Å². The monoisotopic (exact) mass is 302 g/mol. The predicted octanol–water partition coefficient (Wildman–Crippen LogP) is 3.02. The number of carbonyl (C=O) groups excluding carboxylic acids is 1. The van der Waals surface area contributed by atoms with Crippen molar-refractivity contribution < 1.29 is 4.79 Å². The Bertz CT molecular complexity index is 561. The van der Waals surface area contributed by atoms with Gasteiger partial charge in [-0.25, -0.2) is 0 Å². The van der Waals surface area contributed by atoms with Gasteiger partial charge in [-0.05, 0) is 49.0 Å². The molecular formula is C17H22N2OS. The van der Waals surface area contributed by atoms with Crippen LogP contribution in [0.3, 0.4) is 0 Å². The van der Waals surface area contributed by atoms with E-state index in [0.717, 1.165) is 5.56 Å². The van der Waals surface area contributed by atoms with Crippen LogP contribution in [0.4, 0.5) is 0 Å². The van der Waals surface area contributed by atoms with Crippen molar-refractivity contribution in [1.82, 2.24) is 10.2 Å². The Morgan fingerprint density at radius 2 is 1.95 bits per heavy atom. The maximum Gasteiger partial charge on any atom is 0.224 e. The standard InChI is InChI=1S/C17H22N2OS/c1-13-4-6-14(7-5-13)10-17(20)18-11-16(19(2)3)15-8-9-21-12-15/h4-9,12,16H,10-11H2,1-3H3,(H,18,20)/t16-/m1/s1. The topological polar surface area (TPSA) is 32.3 Å². The van der Waals surface area contributed by atoms with Crippen LogP contribution in [0.25, 0.3) is 0 Å². The molecule has 0 saturated heterocycles. The number of nitrogens with zero attached hydrogens (tertiary/aromatic N) is 1. The van der Waals surface area contributed by atoms with E-state index in [1.807, 2.05) is 45.3 Å². The first-order valence-corrected chi connectivity index (χ1v) is 8.01. The fraction of sp³-hybridized carbons (Fsp3) is 0.353. The van der Waals surface area contributed by atoms with Crippen LogP contribution in [0, 0.1) is 6.92 Å². The minimum atomic E-state index is 0.0703. The van der Waals surface area contributed by atoms with Crippen LogP contribution in [0.15, 0.2) is 41.1 Å². The van der Waals surface area contributed by atoms with Gasteiger partial charge >= 0.3 is 0 Å². The van der Waals surface area contributed by atoms with Crippen LogP contribution < -0.4 is 5.32 Å². The van der Waals surface area contributed by atoms with E-state index in [-0.39, 0.29) is 11.9 Å². The Morgan fingerprint density at radius 3 is 2.52 bits per heavy atom. The molecule has 0 aliphatic rings. The summed E-state index contributed by atoms with van der Waals surface area (Å²) in [7, 11) is 4.07. The quantitative estimate of drug-likeness (QED) is 0.889. The van der Waals surface area contributed by atoms with Crippen molar-refractivity contribution in [2.75, 3.05) is 20.6 Å². The molecule has 0 unspecified atom stereocenters. The van der Waals surface area contributed by atoms with Gasteiger partial charge in [0.15, 0.2) is 0 Å². The molecule has 21 heavy (non-hydrogen) atoms. The molecule has 1 N–H and O–H groups in total. The molecule has 1 aromatic carbocycles. The van der Waals surface area contributed by atoms with Crippen LogP contribution in [-0.4, -0.2) is 31.4 Å². The molecule has 3 nitrogen and oxygen atoms in total. The van der Waals surface area contributed by atoms with Crippen molar-refractivity contribution in [3.63, 3.8) is 0 Å². The normalized spacial score (nSPS) is 12.4. The molecule has 2 aromatic rings. The fourth-order valence-electron chi connectivity index (χ4n) is 2.23. The van der Waals surface area contributed by atoms with Crippen molar-refractivity contribution >= 4 is 17.2 Å². The average Bonchev–Trinajstić information content (AvgIpc) is 2.95. The van der Waals surface area contributed by atoms with Crippen LogP contribution in [0.1, 0.15) is 22.7 Å². The SMILES string of the molecule is Cc1ccc(CC(=O)NC[C@H](c2ccsc2)N(C)C)cc1. The number of rotatable bonds is 6. The summed E-state index contributed by atoms with van der Waals surface area (Å²) < 4.78 is 0. The number of likely N-dealkylation sites (N-methyl/N-ethyl adjacent to an activating group) is 1. The van der Waals surface area contributed by atoms with Gasteiger partial charge in [0.2, 0.25) is 5.91 Å². The number of hydrogen-bond acceptors (Lipinski definition) is 3. The largest absolute Gasteiger partial charge is 0.354 e. The maximum atomic E-state index is 12.1. The van der Waals surface area contributed by atoms with E-state index in [1.54, 1.807) is 11.3 Å². The van der Waals surface area contributed by atoms with Crippen molar-refractivity contribution in [1.29, 1.82) is 0 Å². The molecule has 2 rings (SSSR count). The summed E-state index contributed by atoms with van der Waals surface area (Å²) in [5.74, 6) is 0.0703. The molecular weight excluding hydrogens is 280 g/mol. The molecule has 0 spiro atoms. The van der Waals surface area contributed by atoms with Crippen LogP contribution in [0.5, 0.6) is 0 Å². The first-order valence-electron chi connectivity index (χ1n) is 7.07. The third-order valence-corrected chi connectivity index (χ3v) is 4.23. The Hall–Kier alpha value is -1.65. The molecule has 1 heterocycles. The van der Waals surface area contributed by atoms with Gasteiger partial charge in [0, 0.05) is 6.54 Å². The number of thiophene rings is 1. The Labute approximate surface area is 130 Å². The lowest BCUT2D eigenvalue weighted by Crippen LogP contribution is -2.35. The van der Waals surface area contributed by atoms with E-state index < -0.39 is 0 Å². The molecule has 0 fully saturated rings. The summed E-state index contributed by atoms with van der Waals surface area (Å²) in [4.78, 5) is 14.2. The summed E-state index contributed by atoms with van der Waals surface area (Å²) >= 11 is 1.68. The lowest BCUT2D eigenvalue weighted by molar-refractivity contribution is -0.120. The fourth-order valence-corrected chi connectivity index (χ4v) is 2.93. The van der Waals surface area contributed by atoms with Gasteiger partial charge in [0.05, 0.1) is 12.5 Å². The molecule has 112 valence electrons. The van der Waals surface area contributed by atoms with E-state index in [1.165, 1.54) is 11.1 Å². The van der Waals surface area contributed by atoms with Gasteiger partial charge in [0.25, 0.3) is 0 Å². The number of nitrogens with one attached hydrogen (secondary N) is 1. The predicted molar refractivity (Wildman–Crippen MR) is 88.6 cm³/mol. The average molecular weight is 302 g/mol. The van der Waals surface area contributed by atoms with E-state index in [4.69, 9.17) is 0 Å². The molecule has 0 aliphatic heterocycles. The van der Waals surface area contributed by atoms with E-state index in [9.17, 15) is 4.79 Å². The van der Waals surface area contributed by atoms with Crippen molar-refractivity contribution in [2.45, 2.75) is 19.4 Å². The van der Waals surface area contributed by atoms with Gasteiger partial charge in [0.1, 0.15) is 0 Å². The Balaban J connectivity index is 1.89. The van der Waals surface area contributed by atoms with Gasteiger partial charge in [-0.1, -0.05) is 29.8 Å². The minimum Gasteiger partial charge on any atom is -0.354 e. The molecule has 0 aliphatic carbocycles. The molecule has 1 atom stereocenters. The molecule has 0 bridgehead atoms. The number of hydrogen-bond donors (Lipinski definition) is 1. The Morgan fingerprint density at radius 1 is 1.24 bits per heavy atom. The molecule has 1 aromatic heterocycles. The zero-order valence-corrected chi connectivity index (χ0v) is 13.6. The van der Waals surface area contributed by atoms with Crippen LogP contribution in [0.2, 0.25) is 0 Å². The zero-order valence-electron chi connectivity index (χ0n) is 12.8. The van der Waals surface area contributed by atoms with Gasteiger partial charge in [-0.3, -0.25) is 4.79 Å². The lowest BCUT2D eigenvalue weighted by Gasteiger charge is -2.24. The molecule has 0 saturated carbocycles. The van der Waals surface area contributed by atoms with Crippen molar-refractivity contribution in [3.05, 3.63) is 57.8 Å². The third kappa shape index (κ3) is 4.69. The van der Waals surface area contributed by atoms with E-state index >= 15 is 0 Å². The summed E-state index contributed by atoms with van der Waals surface area (Å²) in [5, 5.41) is 7.24. The first kappa shape index (κ1) is 15.7. The maximum absolute atomic E-state index is 12.1. The molecule has 1 amide bonds. The highest BCUT2D eigenvalue weighted by atomic mass is 32.1. The molecule has 4 heteroatoms. The molecule has 0 radical (unpaired) electrons. The summed E-state index contributed by atoms with van der Waals surface area (Å²) in [6, 6.07) is 10.4. The van der Waals surface area contributed by atoms with Gasteiger partial charge < -0.3 is 10.2 Å². The zero-order chi connectivity index (χ0) is 15.2. The lowest BCUT2D eigenvalue weighted by atomic mass is 10.1. The summed E-state index contributed by atoms with van der Waals surface area (Å²) in [6.07, 6.45) is 0.435. The first-order chi connectivity index (χ1) is 10.1. The van der Waals surface area contributed by atoms with E-state index in [2.05, 4.69) is 27.0 Å². The summed E-state index contributed by atoms with van der Waals surface area (Å²) in [6.45, 7) is 2.68. The number of carbonyl (C=O) groups is 1. The van der Waals surface area contributed by atoms with Gasteiger partial charge in [-0.2, -0.15) is 11.3 Å². The van der Waals surface area contributed by atoms with Crippen LogP contribution >= 0.6 is 11.3 Å². The minimum absolute atomic E-state index is 0.0703. The number of amides is 1. The summed E-state index contributed by atoms with van der Waals surface area (Å²) in [5.41, 5.74) is 3.51. The second kappa shape index (κ2) is 7.38. The second-order valence-corrected chi connectivity index (χ2v) is 6.28. The van der Waals surface area contributed by atoms with E-state index in [0.29, 0.717) is 13.0 Å². The number of aryl methyl sites for hydroxylation is 1. The highest BCUT2D eigenvalue weighted by Crippen LogP contribution is 2.19. The number of benzene rings is 1.